The van der Waals surface area contributed by atoms with E-state index >= 15 is 0 Å². The number of anilines is 4. The third-order valence-corrected chi connectivity index (χ3v) is 10.1. The van der Waals surface area contributed by atoms with Crippen LogP contribution in [0, 0.1) is 5.41 Å². The molecule has 1 aromatic heterocycles. The monoisotopic (exact) mass is 620 g/mol. The zero-order chi connectivity index (χ0) is 31.3. The number of nitrogens with zero attached hydrogens (tertiary/aromatic N) is 5. The number of aromatic nitrogens is 1. The molecule has 4 aromatic rings. The van der Waals surface area contributed by atoms with Crippen molar-refractivity contribution < 1.29 is 9.59 Å². The van der Waals surface area contributed by atoms with Crippen molar-refractivity contribution in [3.8, 4) is 0 Å². The third kappa shape index (κ3) is 5.54. The number of nitrogens with one attached hydrogen (secondary N) is 1. The summed E-state index contributed by atoms with van der Waals surface area (Å²) in [4.78, 5) is 36.7. The molecular formula is C36H40N6O2S. The highest BCUT2D eigenvalue weighted by molar-refractivity contribution is 7.13. The van der Waals surface area contributed by atoms with Gasteiger partial charge in [-0.15, -0.1) is 0 Å². The normalized spacial score (nSPS) is 19.6. The molecule has 1 aliphatic carbocycles. The Kier molecular flexibility index (Phi) is 7.52. The molecule has 3 heterocycles. The zero-order valence-corrected chi connectivity index (χ0v) is 27.2. The molecule has 7 rings (SSSR count). The number of rotatable bonds is 5. The van der Waals surface area contributed by atoms with E-state index in [-0.39, 0.29) is 29.7 Å². The molecule has 0 radical (unpaired) electrons. The van der Waals surface area contributed by atoms with E-state index in [0.717, 1.165) is 59.2 Å². The molecule has 1 atom stereocenters. The van der Waals surface area contributed by atoms with Crippen molar-refractivity contribution in [3.63, 3.8) is 0 Å². The van der Waals surface area contributed by atoms with Gasteiger partial charge in [0.05, 0.1) is 28.7 Å². The van der Waals surface area contributed by atoms with E-state index < -0.39 is 0 Å². The van der Waals surface area contributed by atoms with E-state index in [9.17, 15) is 9.59 Å². The Labute approximate surface area is 269 Å². The first-order valence-electron chi connectivity index (χ1n) is 15.7. The van der Waals surface area contributed by atoms with Gasteiger partial charge in [0.15, 0.2) is 5.78 Å². The molecule has 3 aromatic carbocycles. The molecule has 0 spiro atoms. The number of amides is 1. The van der Waals surface area contributed by atoms with Crippen molar-refractivity contribution in [2.24, 2.45) is 5.41 Å². The Morgan fingerprint density at radius 1 is 0.956 bits per heavy atom. The molecule has 0 saturated carbocycles. The highest BCUT2D eigenvalue weighted by atomic mass is 32.1. The van der Waals surface area contributed by atoms with Crippen molar-refractivity contribution in [1.29, 1.82) is 0 Å². The van der Waals surface area contributed by atoms with Crippen LogP contribution in [-0.4, -0.2) is 67.8 Å². The van der Waals surface area contributed by atoms with E-state index in [1.165, 1.54) is 21.6 Å². The van der Waals surface area contributed by atoms with Gasteiger partial charge in [0, 0.05) is 69.0 Å². The Morgan fingerprint density at radius 2 is 1.67 bits per heavy atom. The number of allylic oxidation sites excluding steroid dienone is 1. The first-order chi connectivity index (χ1) is 21.7. The van der Waals surface area contributed by atoms with Crippen LogP contribution in [0.4, 0.5) is 22.9 Å². The van der Waals surface area contributed by atoms with Crippen LogP contribution in [0.2, 0.25) is 0 Å². The zero-order valence-electron chi connectivity index (χ0n) is 26.4. The second kappa shape index (κ2) is 11.5. The van der Waals surface area contributed by atoms with Crippen LogP contribution in [0.1, 0.15) is 38.3 Å². The molecule has 1 unspecified atom stereocenters. The fraction of sp³-hybridized carbons (Fsp3) is 0.361. The van der Waals surface area contributed by atoms with Crippen LogP contribution in [0.3, 0.4) is 0 Å². The minimum atomic E-state index is -0.387. The first kappa shape index (κ1) is 29.3. The first-order valence-corrected chi connectivity index (χ1v) is 16.5. The number of hydrogen-bond donors (Lipinski definition) is 1. The maximum Gasteiger partial charge on any atom is 0.242 e. The molecule has 1 N–H and O–H groups in total. The maximum atomic E-state index is 14.2. The summed E-state index contributed by atoms with van der Waals surface area (Å²) in [7, 11) is 4.05. The Balaban J connectivity index is 1.22. The number of carbonyl (C=O) groups excluding carboxylic acids is 2. The molecule has 1 fully saturated rings. The fourth-order valence-electron chi connectivity index (χ4n) is 7.04. The van der Waals surface area contributed by atoms with E-state index in [4.69, 9.17) is 4.37 Å². The summed E-state index contributed by atoms with van der Waals surface area (Å²) in [6, 6.07) is 24.5. The van der Waals surface area contributed by atoms with Gasteiger partial charge in [0.25, 0.3) is 0 Å². The van der Waals surface area contributed by atoms with E-state index in [2.05, 4.69) is 88.5 Å². The predicted molar refractivity (Wildman–Crippen MR) is 184 cm³/mol. The van der Waals surface area contributed by atoms with Gasteiger partial charge in [-0.2, -0.15) is 4.37 Å². The van der Waals surface area contributed by atoms with Crippen LogP contribution < -0.4 is 20.0 Å². The van der Waals surface area contributed by atoms with Crippen molar-refractivity contribution in [2.45, 2.75) is 32.7 Å². The molecule has 0 bridgehead atoms. The molecule has 1 amide bonds. The van der Waals surface area contributed by atoms with Crippen LogP contribution in [0.15, 0.2) is 84.1 Å². The number of para-hydroxylation sites is 2. The van der Waals surface area contributed by atoms with Gasteiger partial charge >= 0.3 is 0 Å². The lowest BCUT2D eigenvalue weighted by Gasteiger charge is -2.40. The number of piperazine rings is 1. The summed E-state index contributed by atoms with van der Waals surface area (Å²) < 4.78 is 5.92. The lowest BCUT2D eigenvalue weighted by molar-refractivity contribution is -0.130. The number of hydrogen-bond acceptors (Lipinski definition) is 8. The average Bonchev–Trinajstić information content (AvgIpc) is 3.40. The van der Waals surface area contributed by atoms with Crippen molar-refractivity contribution in [3.05, 3.63) is 89.6 Å². The Hall–Kier alpha value is -4.37. The molecule has 9 heteroatoms. The molecule has 8 nitrogen and oxygen atoms in total. The minimum absolute atomic E-state index is 0.0649. The van der Waals surface area contributed by atoms with Crippen molar-refractivity contribution in [1.82, 2.24) is 9.27 Å². The number of fused-ring (bicyclic) bond motifs is 2. The Morgan fingerprint density at radius 3 is 2.42 bits per heavy atom. The van der Waals surface area contributed by atoms with E-state index in [0.29, 0.717) is 19.5 Å². The third-order valence-electron chi connectivity index (χ3n) is 9.33. The summed E-state index contributed by atoms with van der Waals surface area (Å²) in [6.07, 6.45) is 1.24. The maximum absolute atomic E-state index is 14.2. The van der Waals surface area contributed by atoms with Crippen LogP contribution in [0.25, 0.3) is 10.1 Å². The summed E-state index contributed by atoms with van der Waals surface area (Å²) in [5, 5.41) is 4.84. The number of ketones is 1. The molecule has 3 aliphatic rings. The van der Waals surface area contributed by atoms with E-state index in [1.54, 1.807) is 0 Å². The van der Waals surface area contributed by atoms with Gasteiger partial charge in [0.1, 0.15) is 5.82 Å². The minimum Gasteiger partial charge on any atom is -0.378 e. The number of benzene rings is 3. The summed E-state index contributed by atoms with van der Waals surface area (Å²) >= 11 is 1.52. The van der Waals surface area contributed by atoms with Crippen molar-refractivity contribution >= 4 is 56.2 Å². The summed E-state index contributed by atoms with van der Waals surface area (Å²) in [5.74, 6) is 1.22. The van der Waals surface area contributed by atoms with Gasteiger partial charge in [-0.05, 0) is 65.3 Å². The van der Waals surface area contributed by atoms with Crippen LogP contribution in [0.5, 0.6) is 0 Å². The molecule has 2 aliphatic heterocycles. The second-order valence-electron chi connectivity index (χ2n) is 13.4. The summed E-state index contributed by atoms with van der Waals surface area (Å²) in [5.41, 5.74) is 5.54. The van der Waals surface area contributed by atoms with Gasteiger partial charge in [-0.25, -0.2) is 0 Å². The lowest BCUT2D eigenvalue weighted by atomic mass is 9.73. The van der Waals surface area contributed by atoms with Crippen molar-refractivity contribution in [2.75, 3.05) is 66.8 Å². The summed E-state index contributed by atoms with van der Waals surface area (Å²) in [6.45, 7) is 7.20. The smallest absolute Gasteiger partial charge is 0.242 e. The lowest BCUT2D eigenvalue weighted by Crippen LogP contribution is -2.52. The molecular weight excluding hydrogens is 581 g/mol. The topological polar surface area (TPSA) is 72.0 Å². The largest absolute Gasteiger partial charge is 0.378 e. The SMILES string of the molecule is CN(C)c1ccc(C2C3=C(CC(C)(C)CC3=O)Nc3ccccc3N2CC(=O)N2CCN(c3nsc4ccccc34)CC2)cc1. The predicted octanol–water partition coefficient (Wildman–Crippen LogP) is 6.33. The highest BCUT2D eigenvalue weighted by Crippen LogP contribution is 2.48. The fourth-order valence-corrected chi connectivity index (χ4v) is 7.84. The van der Waals surface area contributed by atoms with Crippen LogP contribution in [-0.2, 0) is 9.59 Å². The Bertz CT molecular complexity index is 1780. The number of carbonyl (C=O) groups is 2. The second-order valence-corrected chi connectivity index (χ2v) is 14.2. The van der Waals surface area contributed by atoms with Gasteiger partial charge < -0.3 is 24.9 Å². The quantitative estimate of drug-likeness (QED) is 0.280. The average molecular weight is 621 g/mol. The van der Waals surface area contributed by atoms with Gasteiger partial charge in [-0.1, -0.05) is 50.2 Å². The number of Topliss-reactive ketones (excluding diaryl/α,β-unsaturated/α-hetero) is 1. The van der Waals surface area contributed by atoms with Gasteiger partial charge in [-0.3, -0.25) is 9.59 Å². The van der Waals surface area contributed by atoms with Crippen LogP contribution >= 0.6 is 11.5 Å². The van der Waals surface area contributed by atoms with E-state index in [1.807, 2.05) is 37.2 Å². The molecule has 45 heavy (non-hydrogen) atoms. The van der Waals surface area contributed by atoms with Gasteiger partial charge in [0.2, 0.25) is 5.91 Å². The standard InChI is InChI=1S/C36H40N6O2S/c1-36(2)21-28-33(30(43)22-36)34(24-13-15-25(16-14-24)39(3)4)42(29-11-7-6-10-27(29)37-28)23-32(44)40-17-19-41(20-18-40)35-26-9-5-8-12-31(26)45-38-35/h5-16,34,37H,17-23H2,1-4H3. The highest BCUT2D eigenvalue weighted by Gasteiger charge is 2.42. The molecule has 1 saturated heterocycles. The molecule has 232 valence electrons.